The van der Waals surface area contributed by atoms with E-state index in [0.29, 0.717) is 11.0 Å². The van der Waals surface area contributed by atoms with E-state index in [4.69, 9.17) is 35.9 Å². The Morgan fingerprint density at radius 2 is 1.88 bits per heavy atom. The second-order valence-electron chi connectivity index (χ2n) is 6.61. The lowest BCUT2D eigenvalue weighted by Gasteiger charge is -2.40. The third-order valence-electron chi connectivity index (χ3n) is 4.22. The van der Waals surface area contributed by atoms with Gasteiger partial charge in [0.05, 0.1) is 12.7 Å². The molecular formula is C18H24O5S2. The largest absolute Gasteiger partial charge is 0.467 e. The van der Waals surface area contributed by atoms with E-state index in [1.807, 2.05) is 57.4 Å². The molecule has 7 heteroatoms. The Bertz CT molecular complexity index is 594. The molecule has 25 heavy (non-hydrogen) atoms. The summed E-state index contributed by atoms with van der Waals surface area (Å²) in [5.74, 6) is -0.691. The highest BCUT2D eigenvalue weighted by molar-refractivity contribution is 8.22. The molecule has 5 nitrogen and oxygen atoms in total. The van der Waals surface area contributed by atoms with E-state index in [-0.39, 0.29) is 18.3 Å². The molecule has 0 bridgehead atoms. The fourth-order valence-electron chi connectivity index (χ4n) is 3.12. The van der Waals surface area contributed by atoms with Gasteiger partial charge in [-0.1, -0.05) is 42.1 Å². The van der Waals surface area contributed by atoms with Crippen LogP contribution in [-0.4, -0.2) is 47.1 Å². The van der Waals surface area contributed by atoms with Crippen LogP contribution in [0.4, 0.5) is 0 Å². The molecule has 0 aromatic heterocycles. The predicted molar refractivity (Wildman–Crippen MR) is 100 cm³/mol. The van der Waals surface area contributed by atoms with E-state index in [2.05, 4.69) is 0 Å². The maximum atomic E-state index is 6.09. The molecule has 2 aliphatic rings. The van der Waals surface area contributed by atoms with Gasteiger partial charge in [-0.3, -0.25) is 0 Å². The highest BCUT2D eigenvalue weighted by Gasteiger charge is 2.55. The minimum absolute atomic E-state index is 0.171. The smallest absolute Gasteiger partial charge is 0.220 e. The summed E-state index contributed by atoms with van der Waals surface area (Å²) >= 11 is 6.62. The maximum absolute atomic E-state index is 6.09. The average Bonchev–Trinajstić information content (AvgIpc) is 2.92. The molecule has 2 saturated heterocycles. The summed E-state index contributed by atoms with van der Waals surface area (Å²) in [6.45, 7) is 6.17. The number of thioether (sulfide) groups is 1. The summed E-state index contributed by atoms with van der Waals surface area (Å²) in [7, 11) is 0. The Labute approximate surface area is 158 Å². The summed E-state index contributed by atoms with van der Waals surface area (Å²) in [5.41, 5.74) is 1.07. The zero-order valence-electron chi connectivity index (χ0n) is 14.8. The number of ether oxygens (including phenoxy) is 5. The first kappa shape index (κ1) is 19.1. The number of hydrogen-bond acceptors (Lipinski definition) is 7. The summed E-state index contributed by atoms with van der Waals surface area (Å²) in [6.07, 6.45) is 0.119. The molecule has 2 fully saturated rings. The molecular weight excluding hydrogens is 360 g/mol. The van der Waals surface area contributed by atoms with Crippen LogP contribution < -0.4 is 0 Å². The van der Waals surface area contributed by atoms with E-state index < -0.39 is 18.2 Å². The van der Waals surface area contributed by atoms with Crippen molar-refractivity contribution >= 4 is 28.4 Å². The first-order valence-electron chi connectivity index (χ1n) is 8.31. The Morgan fingerprint density at radius 3 is 2.56 bits per heavy atom. The number of thiocarbonyl (C=S) groups is 1. The van der Waals surface area contributed by atoms with Gasteiger partial charge >= 0.3 is 0 Å². The third kappa shape index (κ3) is 4.53. The number of fused-ring (bicyclic) bond motifs is 1. The van der Waals surface area contributed by atoms with E-state index in [1.165, 1.54) is 11.8 Å². The first-order valence-corrected chi connectivity index (χ1v) is 9.94. The lowest BCUT2D eigenvalue weighted by Crippen LogP contribution is -2.57. The zero-order valence-corrected chi connectivity index (χ0v) is 16.5. The van der Waals surface area contributed by atoms with Crippen LogP contribution in [0.5, 0.6) is 0 Å². The maximum Gasteiger partial charge on any atom is 0.220 e. The van der Waals surface area contributed by atoms with Gasteiger partial charge in [-0.2, -0.15) is 0 Å². The number of benzene rings is 1. The fourth-order valence-corrected chi connectivity index (χ4v) is 3.44. The topological polar surface area (TPSA) is 46.2 Å². The molecule has 0 aliphatic carbocycles. The van der Waals surface area contributed by atoms with Gasteiger partial charge < -0.3 is 23.7 Å². The average molecular weight is 385 g/mol. The van der Waals surface area contributed by atoms with Crippen molar-refractivity contribution in [2.45, 2.75) is 63.9 Å². The van der Waals surface area contributed by atoms with Crippen molar-refractivity contribution < 1.29 is 23.7 Å². The third-order valence-corrected chi connectivity index (χ3v) is 5.25. The van der Waals surface area contributed by atoms with Gasteiger partial charge in [0.15, 0.2) is 18.2 Å². The Morgan fingerprint density at radius 1 is 1.20 bits per heavy atom. The molecule has 0 radical (unpaired) electrons. The lowest BCUT2D eigenvalue weighted by molar-refractivity contribution is -0.273. The van der Waals surface area contributed by atoms with Gasteiger partial charge in [-0.25, -0.2) is 0 Å². The lowest BCUT2D eigenvalue weighted by atomic mass is 10.00. The quantitative estimate of drug-likeness (QED) is 0.736. The van der Waals surface area contributed by atoms with Crippen molar-refractivity contribution in [2.24, 2.45) is 0 Å². The van der Waals surface area contributed by atoms with Crippen LogP contribution in [0.25, 0.3) is 0 Å². The number of rotatable bonds is 4. The van der Waals surface area contributed by atoms with Crippen LogP contribution in [-0.2, 0) is 30.3 Å². The second-order valence-corrected chi connectivity index (χ2v) is 8.02. The Hall–Kier alpha value is -0.700. The molecule has 1 unspecified atom stereocenters. The normalized spacial score (nSPS) is 33.7. The monoisotopic (exact) mass is 384 g/mol. The molecule has 0 spiro atoms. The summed E-state index contributed by atoms with van der Waals surface area (Å²) < 4.78 is 30.5. The van der Waals surface area contributed by atoms with Crippen LogP contribution in [0.1, 0.15) is 26.3 Å². The molecule has 2 heterocycles. The molecule has 1 aromatic rings. The minimum Gasteiger partial charge on any atom is -0.467 e. The molecule has 0 N–H and O–H groups in total. The second kappa shape index (κ2) is 7.90. The standard InChI is InChI=1S/C18H24O5S2/c1-11-13-14(23-18(2,3)22-13)15(21-17(24)25-4)16(20-11)19-10-12-8-6-5-7-9-12/h5-9,11,13-16H,10H2,1-4H3/t11-,13+,14+,15-,16?/m0/s1. The highest BCUT2D eigenvalue weighted by Crippen LogP contribution is 2.39. The van der Waals surface area contributed by atoms with E-state index in [9.17, 15) is 0 Å². The van der Waals surface area contributed by atoms with Crippen molar-refractivity contribution in [3.05, 3.63) is 35.9 Å². The van der Waals surface area contributed by atoms with Gasteiger partial charge in [-0.15, -0.1) is 0 Å². The summed E-state index contributed by atoms with van der Waals surface area (Å²) in [6, 6.07) is 9.95. The SMILES string of the molecule is CSC(=S)O[C@@H]1C(OCc2ccccc2)O[C@@H](C)[C@H]2OC(C)(C)O[C@H]21. The fraction of sp³-hybridized carbons (Fsp3) is 0.611. The molecule has 0 amide bonds. The zero-order chi connectivity index (χ0) is 18.0. The molecule has 5 atom stereocenters. The van der Waals surface area contributed by atoms with Crippen LogP contribution in [0, 0.1) is 0 Å². The Balaban J connectivity index is 1.76. The van der Waals surface area contributed by atoms with Crippen molar-refractivity contribution in [3.8, 4) is 0 Å². The van der Waals surface area contributed by atoms with Crippen LogP contribution in [0.2, 0.25) is 0 Å². The van der Waals surface area contributed by atoms with E-state index in [1.54, 1.807) is 0 Å². The van der Waals surface area contributed by atoms with Crippen LogP contribution >= 0.6 is 24.0 Å². The number of hydrogen-bond donors (Lipinski definition) is 0. The van der Waals surface area contributed by atoms with Crippen molar-refractivity contribution in [1.82, 2.24) is 0 Å². The van der Waals surface area contributed by atoms with Crippen molar-refractivity contribution in [1.29, 1.82) is 0 Å². The summed E-state index contributed by atoms with van der Waals surface area (Å²) in [5, 5.41) is 0. The minimum atomic E-state index is -0.691. The first-order chi connectivity index (χ1) is 11.9. The van der Waals surface area contributed by atoms with Gasteiger partial charge in [0.1, 0.15) is 12.2 Å². The summed E-state index contributed by atoms with van der Waals surface area (Å²) in [4.78, 5) is 0. The van der Waals surface area contributed by atoms with Crippen LogP contribution in [0.15, 0.2) is 30.3 Å². The molecule has 2 aliphatic heterocycles. The molecule has 1 aromatic carbocycles. The van der Waals surface area contributed by atoms with Gasteiger partial charge in [0.2, 0.25) is 4.38 Å². The van der Waals surface area contributed by atoms with Gasteiger partial charge in [0, 0.05) is 0 Å². The molecule has 138 valence electrons. The van der Waals surface area contributed by atoms with Crippen molar-refractivity contribution in [3.63, 3.8) is 0 Å². The molecule has 0 saturated carbocycles. The van der Waals surface area contributed by atoms with E-state index in [0.717, 1.165) is 5.56 Å². The predicted octanol–water partition coefficient (Wildman–Crippen LogP) is 3.50. The van der Waals surface area contributed by atoms with Crippen LogP contribution in [0.3, 0.4) is 0 Å². The Kier molecular flexibility index (Phi) is 6.03. The van der Waals surface area contributed by atoms with Gasteiger partial charge in [-0.05, 0) is 44.8 Å². The van der Waals surface area contributed by atoms with Gasteiger partial charge in [0.25, 0.3) is 0 Å². The molecule has 3 rings (SSSR count). The highest BCUT2D eigenvalue weighted by atomic mass is 32.2. The van der Waals surface area contributed by atoms with Crippen molar-refractivity contribution in [2.75, 3.05) is 6.26 Å². The van der Waals surface area contributed by atoms with E-state index >= 15 is 0 Å².